The van der Waals surface area contributed by atoms with Crippen LogP contribution in [0.3, 0.4) is 0 Å². The summed E-state index contributed by atoms with van der Waals surface area (Å²) in [5, 5.41) is 10.9. The van der Waals surface area contributed by atoms with Gasteiger partial charge in [-0.1, -0.05) is 49.6 Å². The number of rotatable bonds is 4. The summed E-state index contributed by atoms with van der Waals surface area (Å²) >= 11 is 11.8. The molecule has 1 aromatic rings. The SMILES string of the molecule is O=C(OCl)C(Cl)(Cc1ccccc1)C1(O)CCCCC1. The average molecular weight is 317 g/mol. The van der Waals surface area contributed by atoms with Crippen LogP contribution in [0.2, 0.25) is 0 Å². The lowest BCUT2D eigenvalue weighted by atomic mass is 9.72. The van der Waals surface area contributed by atoms with E-state index in [1.165, 1.54) is 0 Å². The molecule has 0 radical (unpaired) electrons. The highest BCUT2D eigenvalue weighted by molar-refractivity contribution is 6.36. The molecule has 1 aliphatic rings. The summed E-state index contributed by atoms with van der Waals surface area (Å²) in [4.78, 5) is 10.6. The van der Waals surface area contributed by atoms with Gasteiger partial charge >= 0.3 is 5.97 Å². The largest absolute Gasteiger partial charge is 0.387 e. The second-order valence-electron chi connectivity index (χ2n) is 5.42. The monoisotopic (exact) mass is 316 g/mol. The fraction of sp³-hybridized carbons (Fsp3) is 0.533. The summed E-state index contributed by atoms with van der Waals surface area (Å²) in [6.07, 6.45) is 3.88. The first kappa shape index (κ1) is 15.6. The van der Waals surface area contributed by atoms with Crippen LogP contribution in [0.4, 0.5) is 0 Å². The van der Waals surface area contributed by atoms with Crippen molar-refractivity contribution in [2.75, 3.05) is 0 Å². The van der Waals surface area contributed by atoms with Gasteiger partial charge in [0.2, 0.25) is 0 Å². The minimum Gasteiger partial charge on any atom is -0.387 e. The van der Waals surface area contributed by atoms with E-state index in [4.69, 9.17) is 23.5 Å². The number of carbonyl (C=O) groups is 1. The van der Waals surface area contributed by atoms with Crippen molar-refractivity contribution in [2.24, 2.45) is 0 Å². The maximum Gasteiger partial charge on any atom is 0.348 e. The predicted molar refractivity (Wildman–Crippen MR) is 78.7 cm³/mol. The van der Waals surface area contributed by atoms with E-state index in [9.17, 15) is 9.90 Å². The number of hydrogen-bond acceptors (Lipinski definition) is 3. The summed E-state index contributed by atoms with van der Waals surface area (Å²) in [6.45, 7) is 0. The Morgan fingerprint density at radius 3 is 2.40 bits per heavy atom. The highest BCUT2D eigenvalue weighted by Gasteiger charge is 2.56. The maximum absolute atomic E-state index is 12.1. The van der Waals surface area contributed by atoms with Crippen LogP contribution < -0.4 is 0 Å². The summed E-state index contributed by atoms with van der Waals surface area (Å²) in [7, 11) is 0. The number of carbonyl (C=O) groups excluding carboxylic acids is 1. The number of aliphatic hydroxyl groups is 1. The van der Waals surface area contributed by atoms with Gasteiger partial charge in [0.05, 0.1) is 5.60 Å². The van der Waals surface area contributed by atoms with Crippen molar-refractivity contribution < 1.29 is 14.2 Å². The van der Waals surface area contributed by atoms with Crippen LogP contribution in [0.25, 0.3) is 0 Å². The zero-order chi connectivity index (χ0) is 14.6. The molecular weight excluding hydrogens is 299 g/mol. The van der Waals surface area contributed by atoms with E-state index in [2.05, 4.69) is 4.29 Å². The normalized spacial score (nSPS) is 20.9. The molecule has 20 heavy (non-hydrogen) atoms. The molecule has 0 bridgehead atoms. The maximum atomic E-state index is 12.1. The first-order chi connectivity index (χ1) is 9.52. The lowest BCUT2D eigenvalue weighted by molar-refractivity contribution is -0.147. The van der Waals surface area contributed by atoms with Crippen LogP contribution in [0.1, 0.15) is 37.7 Å². The van der Waals surface area contributed by atoms with Crippen LogP contribution in [-0.2, 0) is 15.5 Å². The molecule has 3 nitrogen and oxygen atoms in total. The molecular formula is C15H18Cl2O3. The minimum absolute atomic E-state index is 0.192. The third-order valence-corrected chi connectivity index (χ3v) is 4.88. The zero-order valence-corrected chi connectivity index (χ0v) is 12.7. The Kier molecular flexibility index (Phi) is 4.95. The van der Waals surface area contributed by atoms with Crippen LogP contribution in [0, 0.1) is 0 Å². The third kappa shape index (κ3) is 2.95. The Morgan fingerprint density at radius 1 is 1.25 bits per heavy atom. The van der Waals surface area contributed by atoms with E-state index >= 15 is 0 Å². The van der Waals surface area contributed by atoms with Gasteiger partial charge in [-0.05, 0) is 18.4 Å². The van der Waals surface area contributed by atoms with Crippen LogP contribution in [0.5, 0.6) is 0 Å². The van der Waals surface area contributed by atoms with E-state index < -0.39 is 16.4 Å². The summed E-state index contributed by atoms with van der Waals surface area (Å²) in [6, 6.07) is 9.34. The van der Waals surface area contributed by atoms with Crippen molar-refractivity contribution in [3.63, 3.8) is 0 Å². The molecule has 0 aliphatic heterocycles. The van der Waals surface area contributed by atoms with Gasteiger partial charge in [0.25, 0.3) is 0 Å². The molecule has 0 saturated heterocycles. The van der Waals surface area contributed by atoms with Crippen molar-refractivity contribution in [2.45, 2.75) is 49.0 Å². The molecule has 2 rings (SSSR count). The molecule has 5 heteroatoms. The lowest BCUT2D eigenvalue weighted by Crippen LogP contribution is -2.57. The Bertz CT molecular complexity index is 457. The van der Waals surface area contributed by atoms with E-state index in [1.807, 2.05) is 30.3 Å². The predicted octanol–water partition coefficient (Wildman–Crippen LogP) is 3.60. The molecule has 110 valence electrons. The standard InChI is InChI=1S/C15H18Cl2O3/c16-15(13(18)20-17,11-12-7-3-1-4-8-12)14(19)9-5-2-6-10-14/h1,3-4,7-8,19H,2,5-6,9-11H2. The summed E-state index contributed by atoms with van der Waals surface area (Å²) < 4.78 is 4.35. The Labute approximate surface area is 129 Å². The molecule has 0 amide bonds. The second kappa shape index (κ2) is 6.33. The molecule has 0 heterocycles. The molecule has 1 unspecified atom stereocenters. The van der Waals surface area contributed by atoms with Crippen molar-refractivity contribution in [3.05, 3.63) is 35.9 Å². The number of benzene rings is 1. The van der Waals surface area contributed by atoms with Gasteiger partial charge in [0, 0.05) is 6.42 Å². The van der Waals surface area contributed by atoms with Gasteiger partial charge < -0.3 is 9.40 Å². The molecule has 1 N–H and O–H groups in total. The highest BCUT2D eigenvalue weighted by atomic mass is 35.5. The molecule has 1 aromatic carbocycles. The van der Waals surface area contributed by atoms with Gasteiger partial charge in [0.1, 0.15) is 11.9 Å². The minimum atomic E-state index is -1.55. The van der Waals surface area contributed by atoms with Crippen LogP contribution in [-0.4, -0.2) is 21.6 Å². The lowest BCUT2D eigenvalue weighted by Gasteiger charge is -2.43. The number of hydrogen-bond donors (Lipinski definition) is 1. The molecule has 0 spiro atoms. The molecule has 1 saturated carbocycles. The molecule has 1 atom stereocenters. The van der Waals surface area contributed by atoms with Gasteiger partial charge in [-0.3, -0.25) is 0 Å². The zero-order valence-electron chi connectivity index (χ0n) is 11.1. The quantitative estimate of drug-likeness (QED) is 0.863. The fourth-order valence-electron chi connectivity index (χ4n) is 2.90. The van der Waals surface area contributed by atoms with E-state index in [-0.39, 0.29) is 6.42 Å². The van der Waals surface area contributed by atoms with Crippen molar-refractivity contribution >= 4 is 29.4 Å². The van der Waals surface area contributed by atoms with E-state index in [0.29, 0.717) is 12.8 Å². The second-order valence-corrected chi connectivity index (χ2v) is 6.22. The highest BCUT2D eigenvalue weighted by Crippen LogP contribution is 2.44. The number of alkyl halides is 1. The van der Waals surface area contributed by atoms with E-state index in [0.717, 1.165) is 24.8 Å². The summed E-state index contributed by atoms with van der Waals surface area (Å²) in [5.74, 6) is -0.783. The van der Waals surface area contributed by atoms with Crippen molar-refractivity contribution in [3.8, 4) is 0 Å². The molecule has 0 aromatic heterocycles. The summed E-state index contributed by atoms with van der Waals surface area (Å²) in [5.41, 5.74) is -0.419. The first-order valence-electron chi connectivity index (χ1n) is 6.80. The van der Waals surface area contributed by atoms with E-state index in [1.54, 1.807) is 0 Å². The topological polar surface area (TPSA) is 46.5 Å². The van der Waals surface area contributed by atoms with Crippen LogP contribution in [0.15, 0.2) is 30.3 Å². The molecule has 1 aliphatic carbocycles. The third-order valence-electron chi connectivity index (χ3n) is 4.10. The van der Waals surface area contributed by atoms with Gasteiger partial charge in [-0.2, -0.15) is 0 Å². The Hall–Kier alpha value is -0.770. The Balaban J connectivity index is 2.32. The first-order valence-corrected chi connectivity index (χ1v) is 7.49. The van der Waals surface area contributed by atoms with Crippen molar-refractivity contribution in [1.82, 2.24) is 0 Å². The smallest absolute Gasteiger partial charge is 0.348 e. The fourth-order valence-corrected chi connectivity index (χ4v) is 3.45. The van der Waals surface area contributed by atoms with Gasteiger partial charge in [-0.15, -0.1) is 11.6 Å². The van der Waals surface area contributed by atoms with Gasteiger partial charge in [-0.25, -0.2) is 4.79 Å². The molecule has 1 fully saturated rings. The number of halogens is 2. The van der Waals surface area contributed by atoms with Crippen LogP contribution >= 0.6 is 23.5 Å². The van der Waals surface area contributed by atoms with Crippen molar-refractivity contribution in [1.29, 1.82) is 0 Å². The van der Waals surface area contributed by atoms with Gasteiger partial charge in [0.15, 0.2) is 4.87 Å². The Morgan fingerprint density at radius 2 is 1.85 bits per heavy atom. The average Bonchev–Trinajstić information content (AvgIpc) is 2.48.